The highest BCUT2D eigenvalue weighted by molar-refractivity contribution is 7.99. The maximum absolute atomic E-state index is 6.37. The maximum atomic E-state index is 6.37. The van der Waals surface area contributed by atoms with Gasteiger partial charge in [0.2, 0.25) is 0 Å². The summed E-state index contributed by atoms with van der Waals surface area (Å²) in [6, 6.07) is 14.1. The summed E-state index contributed by atoms with van der Waals surface area (Å²) in [6.07, 6.45) is 1.72. The topological polar surface area (TPSA) is 35.2 Å². The van der Waals surface area contributed by atoms with Gasteiger partial charge < -0.3 is 10.5 Å². The quantitative estimate of drug-likeness (QED) is 0.831. The second kappa shape index (κ2) is 7.74. The molecule has 0 aliphatic carbocycles. The summed E-state index contributed by atoms with van der Waals surface area (Å²) < 4.78 is 5.41. The number of rotatable bonds is 6. The lowest BCUT2D eigenvalue weighted by molar-refractivity contribution is 0.405. The van der Waals surface area contributed by atoms with E-state index in [4.69, 9.17) is 22.1 Å². The van der Waals surface area contributed by atoms with Crippen molar-refractivity contribution < 1.29 is 4.74 Å². The monoisotopic (exact) mass is 321 g/mol. The van der Waals surface area contributed by atoms with Crippen molar-refractivity contribution in [1.29, 1.82) is 0 Å². The van der Waals surface area contributed by atoms with Crippen LogP contribution in [0, 0.1) is 0 Å². The van der Waals surface area contributed by atoms with Crippen LogP contribution in [-0.4, -0.2) is 13.2 Å². The molecular formula is C17H20ClNOS. The molecule has 2 aromatic carbocycles. The second-order valence-electron chi connectivity index (χ2n) is 4.84. The van der Waals surface area contributed by atoms with Crippen LogP contribution in [0.15, 0.2) is 52.3 Å². The molecule has 0 spiro atoms. The van der Waals surface area contributed by atoms with E-state index in [9.17, 15) is 0 Å². The van der Waals surface area contributed by atoms with E-state index in [1.165, 1.54) is 0 Å². The number of hydrogen-bond donors (Lipinski definition) is 1. The highest BCUT2D eigenvalue weighted by Gasteiger charge is 2.13. The average Bonchev–Trinajstić information content (AvgIpc) is 2.51. The van der Waals surface area contributed by atoms with E-state index in [1.807, 2.05) is 36.4 Å². The third-order valence-corrected chi connectivity index (χ3v) is 4.87. The molecule has 1 unspecified atom stereocenters. The van der Waals surface area contributed by atoms with Crippen molar-refractivity contribution in [3.63, 3.8) is 0 Å². The molecule has 0 fully saturated rings. The first kappa shape index (κ1) is 16.2. The van der Waals surface area contributed by atoms with E-state index in [-0.39, 0.29) is 6.04 Å². The molecule has 2 aromatic rings. The summed E-state index contributed by atoms with van der Waals surface area (Å²) in [4.78, 5) is 2.21. The highest BCUT2D eigenvalue weighted by Crippen LogP contribution is 2.38. The molecule has 2 nitrogen and oxygen atoms in total. The van der Waals surface area contributed by atoms with Crippen LogP contribution in [0.1, 0.15) is 18.9 Å². The Bertz CT molecular complexity index is 603. The van der Waals surface area contributed by atoms with Crippen LogP contribution in [0.25, 0.3) is 0 Å². The van der Waals surface area contributed by atoms with Gasteiger partial charge in [0.25, 0.3) is 0 Å². The third kappa shape index (κ3) is 4.16. The van der Waals surface area contributed by atoms with E-state index in [0.29, 0.717) is 0 Å². The van der Waals surface area contributed by atoms with Gasteiger partial charge in [0.1, 0.15) is 5.75 Å². The zero-order valence-corrected chi connectivity index (χ0v) is 13.9. The summed E-state index contributed by atoms with van der Waals surface area (Å²) in [5.41, 5.74) is 7.21. The molecule has 0 heterocycles. The van der Waals surface area contributed by atoms with Gasteiger partial charge >= 0.3 is 0 Å². The Morgan fingerprint density at radius 3 is 2.57 bits per heavy atom. The van der Waals surface area contributed by atoms with Crippen molar-refractivity contribution in [3.05, 3.63) is 53.1 Å². The normalized spacial score (nSPS) is 12.2. The first-order chi connectivity index (χ1) is 10.2. The standard InChI is InChI=1S/C17H20ClNOS/c1-3-12(19)11-13-14(18)7-6-10-16(13)21-17-9-5-4-8-15(17)20-2/h4-10,12H,3,11,19H2,1-2H3. The summed E-state index contributed by atoms with van der Waals surface area (Å²) in [5.74, 6) is 0.869. The van der Waals surface area contributed by atoms with Crippen LogP contribution in [0.4, 0.5) is 0 Å². The molecule has 0 bridgehead atoms. The van der Waals surface area contributed by atoms with Gasteiger partial charge in [0.05, 0.1) is 12.0 Å². The molecule has 0 radical (unpaired) electrons. The van der Waals surface area contributed by atoms with Gasteiger partial charge in [-0.25, -0.2) is 0 Å². The SMILES string of the molecule is CCC(N)Cc1c(Cl)cccc1Sc1ccccc1OC. The van der Waals surface area contributed by atoms with Gasteiger partial charge in [-0.05, 0) is 42.7 Å². The lowest BCUT2D eigenvalue weighted by Crippen LogP contribution is -2.21. The van der Waals surface area contributed by atoms with Crippen LogP contribution in [0.5, 0.6) is 5.75 Å². The Morgan fingerprint density at radius 1 is 1.14 bits per heavy atom. The molecule has 0 saturated carbocycles. The van der Waals surface area contributed by atoms with Gasteiger partial charge in [-0.1, -0.05) is 48.5 Å². The van der Waals surface area contributed by atoms with Crippen molar-refractivity contribution >= 4 is 23.4 Å². The molecule has 21 heavy (non-hydrogen) atoms. The van der Waals surface area contributed by atoms with Crippen molar-refractivity contribution in [1.82, 2.24) is 0 Å². The lowest BCUT2D eigenvalue weighted by atomic mass is 10.0. The smallest absolute Gasteiger partial charge is 0.132 e. The average molecular weight is 322 g/mol. The molecule has 1 atom stereocenters. The Kier molecular flexibility index (Phi) is 5.97. The fourth-order valence-electron chi connectivity index (χ4n) is 2.06. The van der Waals surface area contributed by atoms with Crippen molar-refractivity contribution in [2.24, 2.45) is 5.73 Å². The molecule has 2 N–H and O–H groups in total. The number of nitrogens with two attached hydrogens (primary N) is 1. The van der Waals surface area contributed by atoms with E-state index in [2.05, 4.69) is 13.0 Å². The van der Waals surface area contributed by atoms with Gasteiger partial charge in [0, 0.05) is 16.0 Å². The molecule has 2 rings (SSSR count). The van der Waals surface area contributed by atoms with Gasteiger partial charge in [-0.2, -0.15) is 0 Å². The van der Waals surface area contributed by atoms with E-state index in [0.717, 1.165) is 39.0 Å². The molecule has 112 valence electrons. The molecule has 0 aliphatic heterocycles. The molecule has 0 aromatic heterocycles. The molecule has 4 heteroatoms. The number of ether oxygens (including phenoxy) is 1. The predicted octanol–water partition coefficient (Wildman–Crippen LogP) is 4.78. The van der Waals surface area contributed by atoms with Crippen LogP contribution in [0.3, 0.4) is 0 Å². The van der Waals surface area contributed by atoms with E-state index >= 15 is 0 Å². The predicted molar refractivity (Wildman–Crippen MR) is 90.5 cm³/mol. The van der Waals surface area contributed by atoms with Crippen LogP contribution >= 0.6 is 23.4 Å². The minimum atomic E-state index is 0.127. The lowest BCUT2D eigenvalue weighted by Gasteiger charge is -2.15. The first-order valence-electron chi connectivity index (χ1n) is 6.99. The summed E-state index contributed by atoms with van der Waals surface area (Å²) in [6.45, 7) is 2.09. The van der Waals surface area contributed by atoms with Crippen LogP contribution in [-0.2, 0) is 6.42 Å². The number of hydrogen-bond acceptors (Lipinski definition) is 3. The van der Waals surface area contributed by atoms with Crippen LogP contribution < -0.4 is 10.5 Å². The number of para-hydroxylation sites is 1. The minimum Gasteiger partial charge on any atom is -0.496 e. The summed E-state index contributed by atoms with van der Waals surface area (Å²) in [7, 11) is 1.69. The largest absolute Gasteiger partial charge is 0.496 e. The first-order valence-corrected chi connectivity index (χ1v) is 8.19. The Balaban J connectivity index is 2.33. The summed E-state index contributed by atoms with van der Waals surface area (Å²) in [5, 5.41) is 0.777. The van der Waals surface area contributed by atoms with E-state index in [1.54, 1.807) is 18.9 Å². The van der Waals surface area contributed by atoms with Gasteiger partial charge in [-0.3, -0.25) is 0 Å². The van der Waals surface area contributed by atoms with E-state index < -0.39 is 0 Å². The van der Waals surface area contributed by atoms with Crippen LogP contribution in [0.2, 0.25) is 5.02 Å². The zero-order chi connectivity index (χ0) is 15.2. The van der Waals surface area contributed by atoms with Crippen molar-refractivity contribution in [3.8, 4) is 5.75 Å². The molecule has 0 aliphatic rings. The maximum Gasteiger partial charge on any atom is 0.132 e. The number of halogens is 1. The Morgan fingerprint density at radius 2 is 1.86 bits per heavy atom. The Labute approximate surface area is 135 Å². The van der Waals surface area contributed by atoms with Crippen molar-refractivity contribution in [2.45, 2.75) is 35.6 Å². The van der Waals surface area contributed by atoms with Gasteiger partial charge in [0.15, 0.2) is 0 Å². The van der Waals surface area contributed by atoms with Crippen molar-refractivity contribution in [2.75, 3.05) is 7.11 Å². The number of methoxy groups -OCH3 is 1. The molecule has 0 saturated heterocycles. The fourth-order valence-corrected chi connectivity index (χ4v) is 3.47. The fraction of sp³-hybridized carbons (Fsp3) is 0.294. The number of benzene rings is 2. The third-order valence-electron chi connectivity index (χ3n) is 3.36. The highest BCUT2D eigenvalue weighted by atomic mass is 35.5. The minimum absolute atomic E-state index is 0.127. The van der Waals surface area contributed by atoms with Gasteiger partial charge in [-0.15, -0.1) is 0 Å². The second-order valence-corrected chi connectivity index (χ2v) is 6.33. The summed E-state index contributed by atoms with van der Waals surface area (Å²) >= 11 is 8.04. The Hall–Kier alpha value is -1.16. The zero-order valence-electron chi connectivity index (χ0n) is 12.3. The molecular weight excluding hydrogens is 302 g/mol. The molecule has 0 amide bonds.